The van der Waals surface area contributed by atoms with Gasteiger partial charge >= 0.3 is 0 Å². The molecule has 2 heterocycles. The molecule has 0 spiro atoms. The number of thioether (sulfide) groups is 1. The van der Waals surface area contributed by atoms with Crippen LogP contribution < -0.4 is 5.32 Å². The van der Waals surface area contributed by atoms with Gasteiger partial charge in [-0.25, -0.2) is 4.98 Å². The van der Waals surface area contributed by atoms with Crippen molar-refractivity contribution in [3.63, 3.8) is 0 Å². The first-order chi connectivity index (χ1) is 9.13. The van der Waals surface area contributed by atoms with E-state index in [9.17, 15) is 4.79 Å². The summed E-state index contributed by atoms with van der Waals surface area (Å²) in [5.74, 6) is -0.132. The maximum Gasteiger partial charge on any atom is 0.271 e. The van der Waals surface area contributed by atoms with Crippen molar-refractivity contribution in [3.05, 3.63) is 29.0 Å². The average Bonchev–Trinajstić information content (AvgIpc) is 3.04. The van der Waals surface area contributed by atoms with Crippen molar-refractivity contribution in [2.24, 2.45) is 7.05 Å². The van der Waals surface area contributed by atoms with Crippen molar-refractivity contribution < 1.29 is 4.79 Å². The van der Waals surface area contributed by atoms with E-state index in [4.69, 9.17) is 0 Å². The summed E-state index contributed by atoms with van der Waals surface area (Å²) in [6, 6.07) is -0.0272. The number of carbonyl (C=O) groups is 1. The largest absolute Gasteiger partial charge is 0.344 e. The molecule has 0 aliphatic carbocycles. The first-order valence-electron chi connectivity index (χ1n) is 5.93. The lowest BCUT2D eigenvalue weighted by Gasteiger charge is -2.14. The molecule has 0 saturated heterocycles. The summed E-state index contributed by atoms with van der Waals surface area (Å²) in [6.07, 6.45) is 6.47. The molecule has 19 heavy (non-hydrogen) atoms. The van der Waals surface area contributed by atoms with Gasteiger partial charge < -0.3 is 5.32 Å². The molecule has 0 radical (unpaired) electrons. The summed E-state index contributed by atoms with van der Waals surface area (Å²) in [4.78, 5) is 16.4. The third-order valence-electron chi connectivity index (χ3n) is 2.73. The summed E-state index contributed by atoms with van der Waals surface area (Å²) in [7, 11) is 1.86. The molecule has 1 N–H and O–H groups in total. The predicted molar refractivity (Wildman–Crippen MR) is 77.6 cm³/mol. The monoisotopic (exact) mass is 296 g/mol. The molecular formula is C12H16N4OS2. The Labute approximate surface area is 120 Å². The molecule has 5 nitrogen and oxygen atoms in total. The van der Waals surface area contributed by atoms with Crippen LogP contribution in [0.15, 0.2) is 22.1 Å². The SMILES string of the molecule is CCC(NC(=O)c1csc(SC)n1)c1cnn(C)c1. The summed E-state index contributed by atoms with van der Waals surface area (Å²) in [6.45, 7) is 2.03. The van der Waals surface area contributed by atoms with E-state index >= 15 is 0 Å². The van der Waals surface area contributed by atoms with Gasteiger partial charge in [0.15, 0.2) is 0 Å². The molecule has 0 aliphatic heterocycles. The van der Waals surface area contributed by atoms with Gasteiger partial charge in [-0.2, -0.15) is 5.10 Å². The maximum absolute atomic E-state index is 12.1. The smallest absolute Gasteiger partial charge is 0.271 e. The highest BCUT2D eigenvalue weighted by atomic mass is 32.2. The molecule has 2 rings (SSSR count). The van der Waals surface area contributed by atoms with Gasteiger partial charge in [0.1, 0.15) is 10.0 Å². The minimum Gasteiger partial charge on any atom is -0.344 e. The van der Waals surface area contributed by atoms with Gasteiger partial charge in [-0.05, 0) is 12.7 Å². The molecule has 1 amide bonds. The van der Waals surface area contributed by atoms with Crippen LogP contribution in [0, 0.1) is 0 Å². The van der Waals surface area contributed by atoms with Crippen LogP contribution in [0.2, 0.25) is 0 Å². The van der Waals surface area contributed by atoms with Crippen LogP contribution in [0.3, 0.4) is 0 Å². The Morgan fingerprint density at radius 3 is 2.95 bits per heavy atom. The number of thiazole rings is 1. The first kappa shape index (κ1) is 14.1. The lowest BCUT2D eigenvalue weighted by atomic mass is 10.1. The van der Waals surface area contributed by atoms with E-state index < -0.39 is 0 Å². The van der Waals surface area contributed by atoms with Crippen molar-refractivity contribution in [2.45, 2.75) is 23.7 Å². The minimum absolute atomic E-state index is 0.0272. The molecule has 2 aromatic heterocycles. The highest BCUT2D eigenvalue weighted by Crippen LogP contribution is 2.21. The van der Waals surface area contributed by atoms with Crippen molar-refractivity contribution >= 4 is 29.0 Å². The van der Waals surface area contributed by atoms with Gasteiger partial charge in [0.2, 0.25) is 0 Å². The first-order valence-corrected chi connectivity index (χ1v) is 8.03. The van der Waals surface area contributed by atoms with Crippen LogP contribution in [0.25, 0.3) is 0 Å². The highest BCUT2D eigenvalue weighted by Gasteiger charge is 2.17. The van der Waals surface area contributed by atoms with Crippen molar-refractivity contribution in [3.8, 4) is 0 Å². The van der Waals surface area contributed by atoms with E-state index in [0.29, 0.717) is 5.69 Å². The Morgan fingerprint density at radius 2 is 2.42 bits per heavy atom. The number of aryl methyl sites for hydroxylation is 1. The zero-order valence-corrected chi connectivity index (χ0v) is 12.7. The molecule has 0 bridgehead atoms. The molecule has 102 valence electrons. The molecule has 1 atom stereocenters. The molecule has 2 aromatic rings. The standard InChI is InChI=1S/C12H16N4OS2/c1-4-9(8-5-13-16(2)6-8)14-11(17)10-7-19-12(15-10)18-3/h5-7,9H,4H2,1-3H3,(H,14,17). The second-order valence-corrected chi connectivity index (χ2v) is 6.00. The maximum atomic E-state index is 12.1. The van der Waals surface area contributed by atoms with Crippen molar-refractivity contribution in [2.75, 3.05) is 6.26 Å². The molecule has 0 aliphatic rings. The number of nitrogens with zero attached hydrogens (tertiary/aromatic N) is 3. The van der Waals surface area contributed by atoms with Gasteiger partial charge in [0.25, 0.3) is 5.91 Å². The van der Waals surface area contributed by atoms with Gasteiger partial charge in [0, 0.05) is 24.2 Å². The van der Waals surface area contributed by atoms with E-state index in [1.807, 2.05) is 26.4 Å². The van der Waals surface area contributed by atoms with Crippen LogP contribution >= 0.6 is 23.1 Å². The van der Waals surface area contributed by atoms with Crippen LogP contribution in [-0.2, 0) is 7.05 Å². The van der Waals surface area contributed by atoms with E-state index in [-0.39, 0.29) is 11.9 Å². The predicted octanol–water partition coefficient (Wildman–Crippen LogP) is 2.48. The molecule has 0 fully saturated rings. The molecular weight excluding hydrogens is 280 g/mol. The second-order valence-electron chi connectivity index (χ2n) is 4.08. The number of rotatable bonds is 5. The Bertz CT molecular complexity index is 564. The Morgan fingerprint density at radius 1 is 1.63 bits per heavy atom. The van der Waals surface area contributed by atoms with E-state index in [0.717, 1.165) is 16.3 Å². The zero-order valence-electron chi connectivity index (χ0n) is 11.1. The number of hydrogen-bond donors (Lipinski definition) is 1. The van der Waals surface area contributed by atoms with Crippen LogP contribution in [0.4, 0.5) is 0 Å². The number of aromatic nitrogens is 3. The van der Waals surface area contributed by atoms with Gasteiger partial charge in [-0.1, -0.05) is 18.7 Å². The Balaban J connectivity index is 2.08. The van der Waals surface area contributed by atoms with Gasteiger partial charge in [-0.3, -0.25) is 9.48 Å². The third-order valence-corrected chi connectivity index (χ3v) is 4.59. The highest BCUT2D eigenvalue weighted by molar-refractivity contribution is 8.00. The third kappa shape index (κ3) is 3.36. The fourth-order valence-electron chi connectivity index (χ4n) is 1.73. The normalized spacial score (nSPS) is 12.4. The number of nitrogens with one attached hydrogen (secondary N) is 1. The second kappa shape index (κ2) is 6.21. The van der Waals surface area contributed by atoms with E-state index in [2.05, 4.69) is 15.4 Å². The Kier molecular flexibility index (Phi) is 4.60. The van der Waals surface area contributed by atoms with Crippen LogP contribution in [0.1, 0.15) is 35.4 Å². The fraction of sp³-hybridized carbons (Fsp3) is 0.417. The molecule has 0 saturated carbocycles. The number of hydrogen-bond acceptors (Lipinski definition) is 5. The number of carbonyl (C=O) groups excluding carboxylic acids is 1. The van der Waals surface area contributed by atoms with E-state index in [1.165, 1.54) is 11.3 Å². The zero-order chi connectivity index (χ0) is 13.8. The van der Waals surface area contributed by atoms with Crippen LogP contribution in [-0.4, -0.2) is 26.9 Å². The lowest BCUT2D eigenvalue weighted by molar-refractivity contribution is 0.0931. The summed E-state index contributed by atoms with van der Waals surface area (Å²) >= 11 is 3.03. The Hall–Kier alpha value is -1.34. The van der Waals surface area contributed by atoms with Crippen molar-refractivity contribution in [1.82, 2.24) is 20.1 Å². The minimum atomic E-state index is -0.132. The number of amides is 1. The lowest BCUT2D eigenvalue weighted by Crippen LogP contribution is -2.28. The summed E-state index contributed by atoms with van der Waals surface area (Å²) in [5, 5.41) is 8.91. The summed E-state index contributed by atoms with van der Waals surface area (Å²) in [5.41, 5.74) is 1.50. The summed E-state index contributed by atoms with van der Waals surface area (Å²) < 4.78 is 2.64. The van der Waals surface area contributed by atoms with Crippen molar-refractivity contribution in [1.29, 1.82) is 0 Å². The van der Waals surface area contributed by atoms with E-state index in [1.54, 1.807) is 28.0 Å². The van der Waals surface area contributed by atoms with Gasteiger partial charge in [0.05, 0.1) is 12.2 Å². The quantitative estimate of drug-likeness (QED) is 0.861. The molecule has 7 heteroatoms. The topological polar surface area (TPSA) is 59.8 Å². The van der Waals surface area contributed by atoms with Gasteiger partial charge in [-0.15, -0.1) is 11.3 Å². The molecule has 0 aromatic carbocycles. The van der Waals surface area contributed by atoms with Crippen LogP contribution in [0.5, 0.6) is 0 Å². The average molecular weight is 296 g/mol. The fourth-order valence-corrected chi connectivity index (χ4v) is 2.97. The molecule has 1 unspecified atom stereocenters.